The monoisotopic (exact) mass is 486 g/mol. The van der Waals surface area contributed by atoms with Crippen molar-refractivity contribution in [3.05, 3.63) is 75.4 Å². The van der Waals surface area contributed by atoms with Gasteiger partial charge in [-0.05, 0) is 43.7 Å². The molecule has 0 aliphatic carbocycles. The first-order valence-electron chi connectivity index (χ1n) is 10.7. The molecule has 0 bridgehead atoms. The molecule has 0 aliphatic rings. The molecular weight excluding hydrogens is 459 g/mol. The lowest BCUT2D eigenvalue weighted by molar-refractivity contribution is -0.116. The van der Waals surface area contributed by atoms with Crippen molar-refractivity contribution in [1.29, 1.82) is 0 Å². The van der Waals surface area contributed by atoms with Crippen LogP contribution in [0.3, 0.4) is 0 Å². The number of carbonyl (C=O) groups is 2. The van der Waals surface area contributed by atoms with E-state index < -0.39 is 0 Å². The van der Waals surface area contributed by atoms with Crippen LogP contribution in [0, 0.1) is 6.92 Å². The number of hydrogen-bond donors (Lipinski definition) is 1. The first-order valence-corrected chi connectivity index (χ1v) is 11.5. The third kappa shape index (κ3) is 5.75. The Kier molecular flexibility index (Phi) is 7.50. The number of aryl methyl sites for hydroxylation is 1. The van der Waals surface area contributed by atoms with E-state index in [1.165, 1.54) is 11.0 Å². The van der Waals surface area contributed by atoms with Crippen LogP contribution in [-0.4, -0.2) is 39.6 Å². The number of likely N-dealkylation sites (N-methyl/N-ethyl adjacent to an activating group) is 1. The van der Waals surface area contributed by atoms with Gasteiger partial charge in [-0.15, -0.1) is 0 Å². The van der Waals surface area contributed by atoms with Crippen molar-refractivity contribution in [2.24, 2.45) is 0 Å². The molecule has 2 amide bonds. The molecule has 174 valence electrons. The van der Waals surface area contributed by atoms with Crippen molar-refractivity contribution in [3.8, 4) is 5.69 Å². The van der Waals surface area contributed by atoms with Crippen LogP contribution in [0.2, 0.25) is 10.0 Å². The Bertz CT molecular complexity index is 1180. The molecular formula is C25H28Cl2N4O2. The normalized spacial score (nSPS) is 11.4. The summed E-state index contributed by atoms with van der Waals surface area (Å²) in [5, 5.41) is 8.39. The van der Waals surface area contributed by atoms with Crippen LogP contribution < -0.4 is 5.32 Å². The predicted octanol–water partition coefficient (Wildman–Crippen LogP) is 5.89. The van der Waals surface area contributed by atoms with Crippen LogP contribution in [0.25, 0.3) is 5.69 Å². The Labute approximate surface area is 204 Å². The number of nitrogens with one attached hydrogen (secondary N) is 1. The lowest BCUT2D eigenvalue weighted by Crippen LogP contribution is -2.38. The summed E-state index contributed by atoms with van der Waals surface area (Å²) in [6, 6.07) is 14.4. The van der Waals surface area contributed by atoms with E-state index in [9.17, 15) is 9.59 Å². The average Bonchev–Trinajstić information content (AvgIpc) is 3.16. The molecule has 33 heavy (non-hydrogen) atoms. The van der Waals surface area contributed by atoms with E-state index in [0.29, 0.717) is 22.9 Å². The molecule has 0 saturated carbocycles. The van der Waals surface area contributed by atoms with Gasteiger partial charge < -0.3 is 10.2 Å². The summed E-state index contributed by atoms with van der Waals surface area (Å²) in [4.78, 5) is 27.4. The first kappa shape index (κ1) is 24.8. The van der Waals surface area contributed by atoms with Gasteiger partial charge in [0.25, 0.3) is 5.91 Å². The fraction of sp³-hybridized carbons (Fsp3) is 0.320. The minimum Gasteiger partial charge on any atom is -0.330 e. The number of anilines is 1. The van der Waals surface area contributed by atoms with Gasteiger partial charge in [0.1, 0.15) is 12.4 Å². The highest BCUT2D eigenvalue weighted by molar-refractivity contribution is 6.36. The Morgan fingerprint density at radius 1 is 1.09 bits per heavy atom. The van der Waals surface area contributed by atoms with Crippen LogP contribution in [-0.2, 0) is 10.2 Å². The number of carbonyl (C=O) groups excluding carboxylic acids is 2. The Morgan fingerprint density at radius 2 is 1.79 bits per heavy atom. The zero-order chi connectivity index (χ0) is 24.3. The second kappa shape index (κ2) is 9.98. The maximum atomic E-state index is 13.0. The first-order chi connectivity index (χ1) is 15.5. The van der Waals surface area contributed by atoms with Crippen molar-refractivity contribution >= 4 is 40.8 Å². The van der Waals surface area contributed by atoms with Gasteiger partial charge in [0, 0.05) is 23.0 Å². The van der Waals surface area contributed by atoms with Crippen LogP contribution in [0.1, 0.15) is 49.3 Å². The summed E-state index contributed by atoms with van der Waals surface area (Å²) in [5.41, 5.74) is 2.84. The average molecular weight is 487 g/mol. The molecule has 0 atom stereocenters. The fourth-order valence-corrected chi connectivity index (χ4v) is 3.83. The second-order valence-electron chi connectivity index (χ2n) is 8.85. The number of hydrogen-bond acceptors (Lipinski definition) is 3. The molecule has 0 spiro atoms. The van der Waals surface area contributed by atoms with Crippen molar-refractivity contribution in [2.45, 2.75) is 40.0 Å². The summed E-state index contributed by atoms with van der Waals surface area (Å²) in [5.74, 6) is -0.116. The summed E-state index contributed by atoms with van der Waals surface area (Å²) in [6.07, 6.45) is 0. The number of aromatic nitrogens is 2. The smallest absolute Gasteiger partial charge is 0.255 e. The van der Waals surface area contributed by atoms with Crippen molar-refractivity contribution < 1.29 is 9.59 Å². The van der Waals surface area contributed by atoms with Crippen LogP contribution in [0.15, 0.2) is 48.5 Å². The molecule has 3 aromatic rings. The maximum Gasteiger partial charge on any atom is 0.255 e. The van der Waals surface area contributed by atoms with Gasteiger partial charge >= 0.3 is 0 Å². The van der Waals surface area contributed by atoms with E-state index in [1.54, 1.807) is 16.8 Å². The molecule has 0 radical (unpaired) electrons. The zero-order valence-corrected chi connectivity index (χ0v) is 21.0. The number of rotatable bonds is 6. The SMILES string of the molecule is CCN(CC(=O)Nc1cc(C(C)(C)C)nn1-c1ccccc1C)C(=O)c1ccc(Cl)cc1Cl. The Hall–Kier alpha value is -2.83. The molecule has 1 N–H and O–H groups in total. The quantitative estimate of drug-likeness (QED) is 0.472. The van der Waals surface area contributed by atoms with Gasteiger partial charge in [-0.25, -0.2) is 4.68 Å². The number of para-hydroxylation sites is 1. The van der Waals surface area contributed by atoms with E-state index in [1.807, 2.05) is 44.2 Å². The topological polar surface area (TPSA) is 67.2 Å². The van der Waals surface area contributed by atoms with Gasteiger partial charge in [-0.3, -0.25) is 9.59 Å². The largest absolute Gasteiger partial charge is 0.330 e. The van der Waals surface area contributed by atoms with Gasteiger partial charge in [0.2, 0.25) is 5.91 Å². The number of halogens is 2. The van der Waals surface area contributed by atoms with E-state index in [-0.39, 0.29) is 28.8 Å². The summed E-state index contributed by atoms with van der Waals surface area (Å²) in [6.45, 7) is 10.2. The van der Waals surface area contributed by atoms with E-state index in [4.69, 9.17) is 28.3 Å². The third-order valence-corrected chi connectivity index (χ3v) is 5.80. The molecule has 0 aliphatic heterocycles. The van der Waals surface area contributed by atoms with Crippen molar-refractivity contribution in [3.63, 3.8) is 0 Å². The molecule has 6 nitrogen and oxygen atoms in total. The highest BCUT2D eigenvalue weighted by Gasteiger charge is 2.24. The molecule has 0 fully saturated rings. The predicted molar refractivity (Wildman–Crippen MR) is 134 cm³/mol. The molecule has 1 heterocycles. The maximum absolute atomic E-state index is 13.0. The standard InChI is InChI=1S/C25H28Cl2N4O2/c1-6-30(24(33)18-12-11-17(26)13-19(18)27)15-23(32)28-22-14-21(25(3,4)5)29-31(22)20-10-8-7-9-16(20)2/h7-14H,6,15H2,1-5H3,(H,28,32). The van der Waals surface area contributed by atoms with Gasteiger partial charge in [0.15, 0.2) is 0 Å². The van der Waals surface area contributed by atoms with E-state index in [0.717, 1.165) is 16.9 Å². The summed E-state index contributed by atoms with van der Waals surface area (Å²) >= 11 is 12.1. The van der Waals surface area contributed by atoms with Crippen LogP contribution in [0.4, 0.5) is 5.82 Å². The zero-order valence-electron chi connectivity index (χ0n) is 19.4. The molecule has 1 aromatic heterocycles. The molecule has 0 saturated heterocycles. The Balaban J connectivity index is 1.86. The minimum atomic E-state index is -0.336. The van der Waals surface area contributed by atoms with Crippen molar-refractivity contribution in [2.75, 3.05) is 18.4 Å². The fourth-order valence-electron chi connectivity index (χ4n) is 3.34. The minimum absolute atomic E-state index is 0.127. The third-order valence-electron chi connectivity index (χ3n) is 5.25. The van der Waals surface area contributed by atoms with Gasteiger partial charge in [-0.1, -0.05) is 62.2 Å². The highest BCUT2D eigenvalue weighted by atomic mass is 35.5. The molecule has 0 unspecified atom stereocenters. The van der Waals surface area contributed by atoms with Gasteiger partial charge in [-0.2, -0.15) is 5.10 Å². The van der Waals surface area contributed by atoms with Gasteiger partial charge in [0.05, 0.1) is 22.0 Å². The molecule has 8 heteroatoms. The lowest BCUT2D eigenvalue weighted by atomic mass is 9.92. The second-order valence-corrected chi connectivity index (χ2v) is 9.70. The molecule has 3 rings (SSSR count). The Morgan fingerprint density at radius 3 is 2.39 bits per heavy atom. The number of amides is 2. The lowest BCUT2D eigenvalue weighted by Gasteiger charge is -2.21. The highest BCUT2D eigenvalue weighted by Crippen LogP contribution is 2.27. The van der Waals surface area contributed by atoms with Crippen LogP contribution >= 0.6 is 23.2 Å². The van der Waals surface area contributed by atoms with Crippen LogP contribution in [0.5, 0.6) is 0 Å². The van der Waals surface area contributed by atoms with E-state index >= 15 is 0 Å². The number of benzene rings is 2. The van der Waals surface area contributed by atoms with E-state index in [2.05, 4.69) is 26.1 Å². The van der Waals surface area contributed by atoms with Crippen molar-refractivity contribution in [1.82, 2.24) is 14.7 Å². The number of nitrogens with zero attached hydrogens (tertiary/aromatic N) is 3. The summed E-state index contributed by atoms with van der Waals surface area (Å²) < 4.78 is 1.74. The summed E-state index contributed by atoms with van der Waals surface area (Å²) in [7, 11) is 0. The molecule has 2 aromatic carbocycles.